The van der Waals surface area contributed by atoms with E-state index in [1.54, 1.807) is 12.3 Å². The number of hydrogen-bond acceptors (Lipinski definition) is 5. The van der Waals surface area contributed by atoms with Crippen molar-refractivity contribution in [3.8, 4) is 0 Å². The number of aromatic nitrogens is 3. The van der Waals surface area contributed by atoms with Crippen LogP contribution in [0.5, 0.6) is 0 Å². The number of halogens is 3. The quantitative estimate of drug-likeness (QED) is 0.692. The van der Waals surface area contributed by atoms with E-state index in [-0.39, 0.29) is 0 Å². The van der Waals surface area contributed by atoms with Gasteiger partial charge in [-0.05, 0) is 34.1 Å². The van der Waals surface area contributed by atoms with E-state index in [0.717, 1.165) is 16.2 Å². The second-order valence-corrected chi connectivity index (χ2v) is 5.83. The van der Waals surface area contributed by atoms with Crippen molar-refractivity contribution in [2.45, 2.75) is 0 Å². The standard InChI is InChI=1S/C11H5BrCl2N4S/c12-5-2-1-3-15-11(5)16-8-6(13)4-7(14)9-10(8)18-19-17-9/h1-4H,(H,15,16). The molecule has 0 spiro atoms. The molecule has 1 N–H and O–H groups in total. The average molecular weight is 376 g/mol. The van der Waals surface area contributed by atoms with E-state index in [0.29, 0.717) is 32.6 Å². The van der Waals surface area contributed by atoms with E-state index in [1.165, 1.54) is 0 Å². The normalized spacial score (nSPS) is 10.9. The highest BCUT2D eigenvalue weighted by molar-refractivity contribution is 9.10. The smallest absolute Gasteiger partial charge is 0.144 e. The summed E-state index contributed by atoms with van der Waals surface area (Å²) in [6.07, 6.45) is 1.69. The number of nitrogens with one attached hydrogen (secondary N) is 1. The molecule has 2 aromatic heterocycles. The van der Waals surface area contributed by atoms with Gasteiger partial charge >= 0.3 is 0 Å². The van der Waals surface area contributed by atoms with Crippen LogP contribution >= 0.6 is 50.9 Å². The van der Waals surface area contributed by atoms with E-state index in [9.17, 15) is 0 Å². The second kappa shape index (κ2) is 5.20. The Balaban J connectivity index is 2.16. The molecule has 0 radical (unpaired) electrons. The topological polar surface area (TPSA) is 50.7 Å². The molecule has 3 rings (SSSR count). The van der Waals surface area contributed by atoms with Gasteiger partial charge in [-0.15, -0.1) is 0 Å². The fourth-order valence-electron chi connectivity index (χ4n) is 1.59. The van der Waals surface area contributed by atoms with Crippen molar-refractivity contribution >= 4 is 73.4 Å². The maximum Gasteiger partial charge on any atom is 0.144 e. The van der Waals surface area contributed by atoms with Gasteiger partial charge in [-0.1, -0.05) is 23.2 Å². The molecule has 0 unspecified atom stereocenters. The summed E-state index contributed by atoms with van der Waals surface area (Å²) in [7, 11) is 0. The number of rotatable bonds is 2. The van der Waals surface area contributed by atoms with Crippen LogP contribution in [0.1, 0.15) is 0 Å². The highest BCUT2D eigenvalue weighted by Crippen LogP contribution is 2.37. The molecule has 1 aromatic carbocycles. The van der Waals surface area contributed by atoms with Gasteiger partial charge in [0.15, 0.2) is 0 Å². The van der Waals surface area contributed by atoms with Crippen molar-refractivity contribution in [2.24, 2.45) is 0 Å². The third-order valence-electron chi connectivity index (χ3n) is 2.45. The van der Waals surface area contributed by atoms with Crippen LogP contribution in [0.15, 0.2) is 28.9 Å². The summed E-state index contributed by atoms with van der Waals surface area (Å²) in [5.41, 5.74) is 1.92. The van der Waals surface area contributed by atoms with Crippen molar-refractivity contribution in [1.29, 1.82) is 0 Å². The zero-order chi connectivity index (χ0) is 13.4. The van der Waals surface area contributed by atoms with E-state index in [2.05, 4.69) is 35.0 Å². The van der Waals surface area contributed by atoms with Crippen LogP contribution < -0.4 is 5.32 Å². The van der Waals surface area contributed by atoms with E-state index in [1.807, 2.05) is 12.1 Å². The van der Waals surface area contributed by atoms with Gasteiger partial charge in [-0.25, -0.2) is 4.98 Å². The zero-order valence-corrected chi connectivity index (χ0v) is 13.1. The summed E-state index contributed by atoms with van der Waals surface area (Å²) in [5.74, 6) is 0.654. The number of pyridine rings is 1. The van der Waals surface area contributed by atoms with Crippen LogP contribution in [0.2, 0.25) is 10.0 Å². The first-order chi connectivity index (χ1) is 9.16. The third-order valence-corrected chi connectivity index (χ3v) is 4.20. The summed E-state index contributed by atoms with van der Waals surface area (Å²) in [4.78, 5) is 4.23. The lowest BCUT2D eigenvalue weighted by Crippen LogP contribution is -1.96. The third kappa shape index (κ3) is 2.41. The van der Waals surface area contributed by atoms with Crippen LogP contribution in [0, 0.1) is 0 Å². The van der Waals surface area contributed by atoms with Gasteiger partial charge < -0.3 is 5.32 Å². The Kier molecular flexibility index (Phi) is 3.58. The van der Waals surface area contributed by atoms with E-state index >= 15 is 0 Å². The largest absolute Gasteiger partial charge is 0.336 e. The SMILES string of the molecule is Clc1cc(Cl)c2nsnc2c1Nc1ncccc1Br. The molecular formula is C11H5BrCl2N4S. The first-order valence-corrected chi connectivity index (χ1v) is 7.42. The summed E-state index contributed by atoms with van der Waals surface area (Å²) in [5, 5.41) is 4.11. The Morgan fingerprint density at radius 2 is 1.95 bits per heavy atom. The van der Waals surface area contributed by atoms with Gasteiger partial charge in [0.2, 0.25) is 0 Å². The van der Waals surface area contributed by atoms with Crippen LogP contribution in [0.25, 0.3) is 11.0 Å². The predicted octanol–water partition coefficient (Wildman–Crippen LogP) is 4.90. The number of anilines is 2. The molecule has 0 fully saturated rings. The van der Waals surface area contributed by atoms with Gasteiger partial charge in [0.25, 0.3) is 0 Å². The van der Waals surface area contributed by atoms with Crippen LogP contribution in [-0.2, 0) is 0 Å². The molecule has 0 aliphatic heterocycles. The van der Waals surface area contributed by atoms with Crippen LogP contribution in [0.3, 0.4) is 0 Å². The van der Waals surface area contributed by atoms with Crippen molar-refractivity contribution in [3.05, 3.63) is 38.9 Å². The van der Waals surface area contributed by atoms with Gasteiger partial charge in [0, 0.05) is 6.20 Å². The van der Waals surface area contributed by atoms with Crippen LogP contribution in [0.4, 0.5) is 11.5 Å². The first-order valence-electron chi connectivity index (χ1n) is 5.14. The minimum atomic E-state index is 0.475. The molecule has 0 saturated heterocycles. The molecule has 0 aliphatic carbocycles. The molecule has 2 heterocycles. The lowest BCUT2D eigenvalue weighted by molar-refractivity contribution is 1.29. The van der Waals surface area contributed by atoms with Crippen molar-refractivity contribution < 1.29 is 0 Å². The Labute approximate surface area is 131 Å². The minimum absolute atomic E-state index is 0.475. The summed E-state index contributed by atoms with van der Waals surface area (Å²) >= 11 is 16.8. The Morgan fingerprint density at radius 3 is 2.74 bits per heavy atom. The molecule has 3 aromatic rings. The fraction of sp³-hybridized carbons (Fsp3) is 0. The van der Waals surface area contributed by atoms with E-state index < -0.39 is 0 Å². The fourth-order valence-corrected chi connectivity index (χ4v) is 3.10. The maximum atomic E-state index is 6.21. The molecular weight excluding hydrogens is 371 g/mol. The van der Waals surface area contributed by atoms with Crippen LogP contribution in [-0.4, -0.2) is 13.7 Å². The van der Waals surface area contributed by atoms with Gasteiger partial charge in [-0.2, -0.15) is 8.75 Å². The highest BCUT2D eigenvalue weighted by Gasteiger charge is 2.15. The molecule has 96 valence electrons. The summed E-state index contributed by atoms with van der Waals surface area (Å²) in [6, 6.07) is 5.36. The monoisotopic (exact) mass is 374 g/mol. The molecule has 19 heavy (non-hydrogen) atoms. The van der Waals surface area contributed by atoms with Gasteiger partial charge in [-0.3, -0.25) is 0 Å². The molecule has 0 bridgehead atoms. The lowest BCUT2D eigenvalue weighted by atomic mass is 10.2. The second-order valence-electron chi connectivity index (χ2n) is 3.64. The number of benzene rings is 1. The molecule has 8 heteroatoms. The summed E-state index contributed by atoms with van der Waals surface area (Å²) < 4.78 is 9.21. The predicted molar refractivity (Wildman–Crippen MR) is 82.7 cm³/mol. The molecule has 4 nitrogen and oxygen atoms in total. The highest BCUT2D eigenvalue weighted by atomic mass is 79.9. The Morgan fingerprint density at radius 1 is 1.16 bits per heavy atom. The van der Waals surface area contributed by atoms with Crippen molar-refractivity contribution in [1.82, 2.24) is 13.7 Å². The molecule has 0 saturated carbocycles. The Hall–Kier alpha value is -0.950. The van der Waals surface area contributed by atoms with Gasteiger partial charge in [0.05, 0.1) is 31.9 Å². The lowest BCUT2D eigenvalue weighted by Gasteiger charge is -2.09. The first kappa shape index (κ1) is 13.1. The summed E-state index contributed by atoms with van der Waals surface area (Å²) in [6.45, 7) is 0. The zero-order valence-electron chi connectivity index (χ0n) is 9.19. The average Bonchev–Trinajstić information content (AvgIpc) is 2.86. The van der Waals surface area contributed by atoms with Crippen molar-refractivity contribution in [2.75, 3.05) is 5.32 Å². The maximum absolute atomic E-state index is 6.21. The number of nitrogens with zero attached hydrogens (tertiary/aromatic N) is 3. The van der Waals surface area contributed by atoms with Gasteiger partial charge in [0.1, 0.15) is 16.9 Å². The Bertz CT molecular complexity index is 762. The molecule has 0 amide bonds. The van der Waals surface area contributed by atoms with E-state index in [4.69, 9.17) is 23.2 Å². The minimum Gasteiger partial charge on any atom is -0.336 e. The van der Waals surface area contributed by atoms with Crippen molar-refractivity contribution in [3.63, 3.8) is 0 Å². The number of hydrogen-bond donors (Lipinski definition) is 1. The molecule has 0 atom stereocenters. The number of fused-ring (bicyclic) bond motifs is 1. The molecule has 0 aliphatic rings.